The average molecular weight is 323 g/mol. The van der Waals surface area contributed by atoms with Gasteiger partial charge in [0.15, 0.2) is 5.11 Å². The molecule has 6 nitrogen and oxygen atoms in total. The Morgan fingerprint density at radius 3 is 2.41 bits per heavy atom. The van der Waals surface area contributed by atoms with Gasteiger partial charge >= 0.3 is 5.97 Å². The fourth-order valence-corrected chi connectivity index (χ4v) is 2.04. The Labute approximate surface area is 135 Å². The van der Waals surface area contributed by atoms with Crippen molar-refractivity contribution in [1.82, 2.24) is 5.32 Å². The van der Waals surface area contributed by atoms with E-state index in [9.17, 15) is 9.59 Å². The summed E-state index contributed by atoms with van der Waals surface area (Å²) in [4.78, 5) is 22.9. The lowest BCUT2D eigenvalue weighted by Gasteiger charge is -2.14. The van der Waals surface area contributed by atoms with Crippen molar-refractivity contribution in [1.29, 1.82) is 0 Å². The molecule has 0 radical (unpaired) electrons. The maximum Gasteiger partial charge on any atom is 0.320 e. The summed E-state index contributed by atoms with van der Waals surface area (Å²) in [5.74, 6) is -0.888. The fourth-order valence-electron chi connectivity index (χ4n) is 1.76. The monoisotopic (exact) mass is 323 g/mol. The summed E-state index contributed by atoms with van der Waals surface area (Å²) < 4.78 is 0. The summed E-state index contributed by atoms with van der Waals surface area (Å²) >= 11 is 4.99. The lowest BCUT2D eigenvalue weighted by molar-refractivity contribution is -0.139. The number of para-hydroxylation sites is 1. The molecule has 7 heteroatoms. The van der Waals surface area contributed by atoms with Crippen molar-refractivity contribution in [2.45, 2.75) is 26.3 Å². The van der Waals surface area contributed by atoms with Gasteiger partial charge in [-0.2, -0.15) is 0 Å². The van der Waals surface area contributed by atoms with Crippen LogP contribution in [0.1, 0.15) is 20.3 Å². The highest BCUT2D eigenvalue weighted by Crippen LogP contribution is 2.15. The van der Waals surface area contributed by atoms with Crippen LogP contribution in [-0.2, 0) is 9.59 Å². The standard InChI is InChI=1S/C9H8N2OS.C6H13NO2/c12-8-6-11(9(13)10-8)7-4-2-1-3-5-7;1-3-4(2)5(7)6(8)9/h1-5H,6H2,(H,10,12,13);4-5H,3,7H2,1-2H3,(H,8,9)/t;4-,5-/m.0/s1. The quantitative estimate of drug-likeness (QED) is 0.724. The molecule has 1 amide bonds. The summed E-state index contributed by atoms with van der Waals surface area (Å²) in [5.41, 5.74) is 6.22. The van der Waals surface area contributed by atoms with E-state index in [0.717, 1.165) is 12.1 Å². The van der Waals surface area contributed by atoms with E-state index in [-0.39, 0.29) is 11.8 Å². The predicted octanol–water partition coefficient (Wildman–Crippen LogP) is 1.35. The maximum absolute atomic E-state index is 11.0. The van der Waals surface area contributed by atoms with Crippen molar-refractivity contribution < 1.29 is 14.7 Å². The molecule has 2 atom stereocenters. The number of rotatable bonds is 4. The Morgan fingerprint density at radius 2 is 2.05 bits per heavy atom. The Morgan fingerprint density at radius 1 is 1.45 bits per heavy atom. The van der Waals surface area contributed by atoms with Gasteiger partial charge in [0, 0.05) is 5.69 Å². The van der Waals surface area contributed by atoms with Gasteiger partial charge in [0.1, 0.15) is 12.6 Å². The molecule has 0 unspecified atom stereocenters. The number of nitrogens with zero attached hydrogens (tertiary/aromatic N) is 1. The number of thiocarbonyl (C=S) groups is 1. The molecule has 0 aromatic heterocycles. The first kappa shape index (κ1) is 18.1. The van der Waals surface area contributed by atoms with E-state index in [0.29, 0.717) is 11.7 Å². The number of benzene rings is 1. The second kappa shape index (κ2) is 8.45. The molecule has 0 spiro atoms. The van der Waals surface area contributed by atoms with Crippen molar-refractivity contribution >= 4 is 34.9 Å². The second-order valence-corrected chi connectivity index (χ2v) is 5.41. The highest BCUT2D eigenvalue weighted by molar-refractivity contribution is 7.80. The maximum atomic E-state index is 11.0. The lowest BCUT2D eigenvalue weighted by atomic mass is 10.0. The first-order chi connectivity index (χ1) is 10.4. The van der Waals surface area contributed by atoms with Crippen molar-refractivity contribution in [3.05, 3.63) is 30.3 Å². The lowest BCUT2D eigenvalue weighted by Crippen LogP contribution is -2.36. The topological polar surface area (TPSA) is 95.7 Å². The van der Waals surface area contributed by atoms with E-state index in [2.05, 4.69) is 5.32 Å². The zero-order valence-electron chi connectivity index (χ0n) is 12.7. The highest BCUT2D eigenvalue weighted by atomic mass is 32.1. The van der Waals surface area contributed by atoms with Gasteiger partial charge in [-0.15, -0.1) is 0 Å². The summed E-state index contributed by atoms with van der Waals surface area (Å²) in [6.07, 6.45) is 0.813. The zero-order chi connectivity index (χ0) is 16.7. The van der Waals surface area contributed by atoms with Gasteiger partial charge in [-0.25, -0.2) is 0 Å². The molecule has 1 saturated heterocycles. The summed E-state index contributed by atoms with van der Waals surface area (Å²) in [6.45, 7) is 4.08. The van der Waals surface area contributed by atoms with Crippen LogP contribution in [0.25, 0.3) is 0 Å². The molecular weight excluding hydrogens is 302 g/mol. The molecule has 4 N–H and O–H groups in total. The molecule has 1 fully saturated rings. The van der Waals surface area contributed by atoms with E-state index >= 15 is 0 Å². The van der Waals surface area contributed by atoms with Crippen LogP contribution in [-0.4, -0.2) is 34.7 Å². The van der Waals surface area contributed by atoms with E-state index in [1.807, 2.05) is 44.2 Å². The third-order valence-corrected chi connectivity index (χ3v) is 3.73. The normalized spacial score (nSPS) is 16.4. The number of hydrogen-bond acceptors (Lipinski definition) is 4. The smallest absolute Gasteiger partial charge is 0.320 e. The average Bonchev–Trinajstić information content (AvgIpc) is 2.85. The van der Waals surface area contributed by atoms with Crippen LogP contribution in [0.2, 0.25) is 0 Å². The number of carboxylic acid groups (broad SMARTS) is 1. The van der Waals surface area contributed by atoms with Gasteiger partial charge < -0.3 is 21.1 Å². The molecule has 0 aliphatic carbocycles. The van der Waals surface area contributed by atoms with Crippen LogP contribution >= 0.6 is 12.2 Å². The number of carbonyl (C=O) groups is 2. The molecule has 0 bridgehead atoms. The van der Waals surface area contributed by atoms with Gasteiger partial charge in [0.25, 0.3) is 0 Å². The van der Waals surface area contributed by atoms with Crippen LogP contribution in [0.15, 0.2) is 30.3 Å². The Kier molecular flexibility index (Phi) is 6.94. The number of carbonyl (C=O) groups excluding carboxylic acids is 1. The van der Waals surface area contributed by atoms with Gasteiger partial charge in [0.2, 0.25) is 5.91 Å². The number of carboxylic acids is 1. The molecule has 120 valence electrons. The fraction of sp³-hybridized carbons (Fsp3) is 0.400. The number of anilines is 1. The van der Waals surface area contributed by atoms with Crippen molar-refractivity contribution in [3.8, 4) is 0 Å². The van der Waals surface area contributed by atoms with Gasteiger partial charge in [-0.3, -0.25) is 9.59 Å². The molecule has 1 aromatic carbocycles. The van der Waals surface area contributed by atoms with Gasteiger partial charge in [-0.05, 0) is 30.3 Å². The van der Waals surface area contributed by atoms with E-state index in [4.69, 9.17) is 23.1 Å². The Balaban J connectivity index is 0.000000239. The van der Waals surface area contributed by atoms with Crippen molar-refractivity contribution in [3.63, 3.8) is 0 Å². The van der Waals surface area contributed by atoms with Crippen LogP contribution in [0.5, 0.6) is 0 Å². The van der Waals surface area contributed by atoms with Crippen LogP contribution < -0.4 is 16.0 Å². The first-order valence-corrected chi connectivity index (χ1v) is 7.42. The molecule has 1 heterocycles. The minimum absolute atomic E-state index is 0.0474. The van der Waals surface area contributed by atoms with E-state index in [1.54, 1.807) is 4.90 Å². The van der Waals surface area contributed by atoms with Gasteiger partial charge in [-0.1, -0.05) is 38.5 Å². The first-order valence-electron chi connectivity index (χ1n) is 7.01. The molecule has 1 aliphatic rings. The van der Waals surface area contributed by atoms with Crippen LogP contribution in [0, 0.1) is 5.92 Å². The summed E-state index contributed by atoms with van der Waals surface area (Å²) in [5, 5.41) is 11.4. The summed E-state index contributed by atoms with van der Waals surface area (Å²) in [6, 6.07) is 8.91. The minimum atomic E-state index is -0.913. The second-order valence-electron chi connectivity index (χ2n) is 5.02. The summed E-state index contributed by atoms with van der Waals surface area (Å²) in [7, 11) is 0. The SMILES string of the molecule is CC[C@H](C)[C@H](N)C(=O)O.O=C1CN(c2ccccc2)C(=S)N1. The van der Waals surface area contributed by atoms with E-state index in [1.165, 1.54) is 0 Å². The number of nitrogens with one attached hydrogen (secondary N) is 1. The molecule has 2 rings (SSSR count). The molecule has 22 heavy (non-hydrogen) atoms. The third kappa shape index (κ3) is 5.09. The van der Waals surface area contributed by atoms with E-state index < -0.39 is 12.0 Å². The van der Waals surface area contributed by atoms with Crippen LogP contribution in [0.4, 0.5) is 5.69 Å². The predicted molar refractivity (Wildman–Crippen MR) is 89.6 cm³/mol. The van der Waals surface area contributed by atoms with Crippen LogP contribution in [0.3, 0.4) is 0 Å². The largest absolute Gasteiger partial charge is 0.480 e. The zero-order valence-corrected chi connectivity index (χ0v) is 13.5. The molecule has 0 saturated carbocycles. The third-order valence-electron chi connectivity index (χ3n) is 3.40. The van der Waals surface area contributed by atoms with Crippen molar-refractivity contribution in [2.75, 3.05) is 11.4 Å². The Bertz CT molecular complexity index is 536. The highest BCUT2D eigenvalue weighted by Gasteiger charge is 2.24. The number of nitrogens with two attached hydrogens (primary N) is 1. The Hall–Kier alpha value is -1.99. The van der Waals surface area contributed by atoms with Crippen molar-refractivity contribution in [2.24, 2.45) is 11.7 Å². The number of hydrogen-bond donors (Lipinski definition) is 3. The van der Waals surface area contributed by atoms with Gasteiger partial charge in [0.05, 0.1) is 0 Å². The molecule has 1 aliphatic heterocycles. The number of amides is 1. The molecular formula is C15H21N3O3S. The minimum Gasteiger partial charge on any atom is -0.480 e. The molecule has 1 aromatic rings. The number of aliphatic carboxylic acids is 1.